The fraction of sp³-hybridized carbons (Fsp3) is 0.292. The van der Waals surface area contributed by atoms with E-state index in [1.807, 2.05) is 0 Å². The van der Waals surface area contributed by atoms with E-state index < -0.39 is 65.2 Å². The van der Waals surface area contributed by atoms with Crippen LogP contribution in [0.4, 0.5) is 10.5 Å². The quantitative estimate of drug-likeness (QED) is 0.0899. The number of hydrogen-bond acceptors (Lipinski definition) is 11. The summed E-state index contributed by atoms with van der Waals surface area (Å²) in [6.45, 7) is -0.0601. The maximum atomic E-state index is 13.5. The molecule has 4 rings (SSSR count). The fourth-order valence-electron chi connectivity index (χ4n) is 4.59. The van der Waals surface area contributed by atoms with Crippen LogP contribution in [-0.4, -0.2) is 98.9 Å². The van der Waals surface area contributed by atoms with Gasteiger partial charge in [-0.05, 0) is 29.7 Å². The number of para-hydroxylation sites is 1. The highest BCUT2D eigenvalue weighted by Crippen LogP contribution is 2.32. The molecule has 0 spiro atoms. The molecule has 2 heterocycles. The molecular formula is C24H25BN6O11. The Bertz CT molecular complexity index is 1470. The van der Waals surface area contributed by atoms with Crippen molar-refractivity contribution in [2.24, 2.45) is 5.73 Å². The molecular weight excluding hydrogens is 559 g/mol. The van der Waals surface area contributed by atoms with Crippen molar-refractivity contribution in [1.82, 2.24) is 20.4 Å². The number of carbonyl (C=O) groups is 5. The Morgan fingerprint density at radius 3 is 2.60 bits per heavy atom. The van der Waals surface area contributed by atoms with Gasteiger partial charge in [0.25, 0.3) is 0 Å². The monoisotopic (exact) mass is 584 g/mol. The van der Waals surface area contributed by atoms with E-state index in [4.69, 9.17) is 10.4 Å². The van der Waals surface area contributed by atoms with Crippen LogP contribution in [0.5, 0.6) is 11.5 Å². The number of amides is 5. The number of rotatable bonds is 8. The number of piperazine rings is 1. The number of aromatic carboxylic acids is 1. The number of benzene rings is 2. The highest BCUT2D eigenvalue weighted by atomic mass is 16.6. The zero-order valence-electron chi connectivity index (χ0n) is 21.8. The summed E-state index contributed by atoms with van der Waals surface area (Å²) in [6.07, 6.45) is -0.0875. The SMILES string of the molecule is NCCN1CCN(C(=O)NC(C(=O)NC2Cc3cccc(C(=O)O)c3OB2O)c2ccc(O)c([N+](=O)[O-])c2)C(=O)C1=O. The number of phenols is 1. The van der Waals surface area contributed by atoms with E-state index >= 15 is 0 Å². The van der Waals surface area contributed by atoms with Gasteiger partial charge in [-0.25, -0.2) is 9.59 Å². The third-order valence-corrected chi connectivity index (χ3v) is 6.69. The number of hydrogen-bond donors (Lipinski definition) is 6. The van der Waals surface area contributed by atoms with Crippen molar-refractivity contribution in [3.05, 3.63) is 63.2 Å². The van der Waals surface area contributed by atoms with Gasteiger partial charge >= 0.3 is 36.6 Å². The highest BCUT2D eigenvalue weighted by molar-refractivity contribution is 6.47. The highest BCUT2D eigenvalue weighted by Gasteiger charge is 2.41. The maximum absolute atomic E-state index is 13.5. The van der Waals surface area contributed by atoms with Gasteiger partial charge in [0, 0.05) is 32.2 Å². The van der Waals surface area contributed by atoms with Crippen molar-refractivity contribution >= 4 is 42.5 Å². The summed E-state index contributed by atoms with van der Waals surface area (Å²) in [5.41, 5.74) is 4.63. The number of fused-ring (bicyclic) bond motifs is 1. The molecule has 17 nitrogen and oxygen atoms in total. The minimum Gasteiger partial charge on any atom is -0.534 e. The average Bonchev–Trinajstić information content (AvgIpc) is 2.94. The van der Waals surface area contributed by atoms with E-state index in [2.05, 4.69) is 10.6 Å². The molecule has 18 heteroatoms. The van der Waals surface area contributed by atoms with Gasteiger partial charge in [-0.15, -0.1) is 0 Å². The summed E-state index contributed by atoms with van der Waals surface area (Å²) in [5, 5.41) is 46.0. The van der Waals surface area contributed by atoms with Crippen LogP contribution < -0.4 is 21.0 Å². The molecule has 2 aliphatic rings. The van der Waals surface area contributed by atoms with E-state index in [0.717, 1.165) is 23.1 Å². The molecule has 7 N–H and O–H groups in total. The Kier molecular flexibility index (Phi) is 8.58. The van der Waals surface area contributed by atoms with Gasteiger partial charge in [0.1, 0.15) is 11.8 Å². The van der Waals surface area contributed by atoms with Crippen LogP contribution in [0, 0.1) is 10.1 Å². The second-order valence-corrected chi connectivity index (χ2v) is 9.35. The second kappa shape index (κ2) is 12.1. The third kappa shape index (κ3) is 5.93. The average molecular weight is 584 g/mol. The molecule has 1 fully saturated rings. The molecule has 0 aromatic heterocycles. The summed E-state index contributed by atoms with van der Waals surface area (Å²) in [6, 6.07) is 4.28. The van der Waals surface area contributed by atoms with Gasteiger partial charge in [-0.3, -0.25) is 29.4 Å². The lowest BCUT2D eigenvalue weighted by Gasteiger charge is -2.33. The van der Waals surface area contributed by atoms with Gasteiger partial charge in [0.15, 0.2) is 5.75 Å². The van der Waals surface area contributed by atoms with Gasteiger partial charge in [-0.2, -0.15) is 0 Å². The summed E-state index contributed by atoms with van der Waals surface area (Å²) in [5.74, 6) is -6.42. The van der Waals surface area contributed by atoms with Crippen molar-refractivity contribution in [1.29, 1.82) is 0 Å². The number of nitrogens with zero attached hydrogens (tertiary/aromatic N) is 3. The first-order valence-corrected chi connectivity index (χ1v) is 12.5. The molecule has 5 amide bonds. The first kappa shape index (κ1) is 29.8. The number of imide groups is 1. The Balaban J connectivity index is 1.61. The number of nitro groups is 1. The maximum Gasteiger partial charge on any atom is 0.547 e. The van der Waals surface area contributed by atoms with E-state index in [-0.39, 0.29) is 49.5 Å². The number of carbonyl (C=O) groups excluding carboxylic acids is 4. The number of nitro benzene ring substituents is 1. The molecule has 2 atom stereocenters. The molecule has 0 saturated carbocycles. The van der Waals surface area contributed by atoms with Crippen LogP contribution >= 0.6 is 0 Å². The Morgan fingerprint density at radius 1 is 1.19 bits per heavy atom. The van der Waals surface area contributed by atoms with Crippen LogP contribution in [-0.2, 0) is 20.8 Å². The minimum atomic E-state index is -1.72. The number of phenolic OH excluding ortho intramolecular Hbond substituents is 1. The Labute approximate surface area is 237 Å². The fourth-order valence-corrected chi connectivity index (χ4v) is 4.59. The van der Waals surface area contributed by atoms with Crippen LogP contribution in [0.2, 0.25) is 0 Å². The Morgan fingerprint density at radius 2 is 1.93 bits per heavy atom. The summed E-state index contributed by atoms with van der Waals surface area (Å²) in [4.78, 5) is 75.4. The smallest absolute Gasteiger partial charge is 0.534 e. The lowest BCUT2D eigenvalue weighted by Crippen LogP contribution is -2.60. The molecule has 220 valence electrons. The molecule has 0 aliphatic carbocycles. The van der Waals surface area contributed by atoms with Crippen LogP contribution in [0.1, 0.15) is 27.5 Å². The number of carboxylic acid groups (broad SMARTS) is 1. The zero-order chi connectivity index (χ0) is 30.7. The minimum absolute atomic E-state index is 0.0138. The van der Waals surface area contributed by atoms with E-state index in [9.17, 15) is 49.3 Å². The molecule has 2 aromatic rings. The summed E-state index contributed by atoms with van der Waals surface area (Å²) in [7, 11) is -1.72. The number of nitrogens with two attached hydrogens (primary N) is 1. The van der Waals surface area contributed by atoms with E-state index in [1.165, 1.54) is 18.2 Å². The molecule has 2 aliphatic heterocycles. The summed E-state index contributed by atoms with van der Waals surface area (Å²) < 4.78 is 5.37. The number of urea groups is 1. The van der Waals surface area contributed by atoms with Crippen molar-refractivity contribution < 1.29 is 48.8 Å². The zero-order valence-corrected chi connectivity index (χ0v) is 21.8. The molecule has 2 aromatic carbocycles. The van der Waals surface area contributed by atoms with Gasteiger partial charge in [0.2, 0.25) is 5.91 Å². The molecule has 2 unspecified atom stereocenters. The first-order chi connectivity index (χ1) is 19.9. The van der Waals surface area contributed by atoms with Gasteiger partial charge < -0.3 is 41.2 Å². The number of aromatic hydroxyl groups is 1. The Hall–Kier alpha value is -5.23. The number of carboxylic acids is 1. The second-order valence-electron chi connectivity index (χ2n) is 9.35. The molecule has 0 radical (unpaired) electrons. The topological polar surface area (TPSA) is 255 Å². The predicted molar refractivity (Wildman–Crippen MR) is 141 cm³/mol. The van der Waals surface area contributed by atoms with E-state index in [0.29, 0.717) is 10.5 Å². The third-order valence-electron chi connectivity index (χ3n) is 6.69. The lowest BCUT2D eigenvalue weighted by molar-refractivity contribution is -0.385. The molecule has 0 bridgehead atoms. The van der Waals surface area contributed by atoms with Crippen LogP contribution in [0.25, 0.3) is 0 Å². The van der Waals surface area contributed by atoms with Crippen molar-refractivity contribution in [3.63, 3.8) is 0 Å². The van der Waals surface area contributed by atoms with Crippen molar-refractivity contribution in [2.75, 3.05) is 26.2 Å². The van der Waals surface area contributed by atoms with Crippen LogP contribution in [0.15, 0.2) is 36.4 Å². The number of nitrogens with one attached hydrogen (secondary N) is 2. The van der Waals surface area contributed by atoms with E-state index in [1.54, 1.807) is 0 Å². The largest absolute Gasteiger partial charge is 0.547 e. The standard InChI is InChI=1S/C24H25BN6O11/c26-6-7-29-8-9-30(22(35)21(29)34)24(38)28-18(12-4-5-16(32)15(10-12)31(40)41)20(33)27-17-11-13-2-1-3-14(23(36)37)19(13)42-25(17)39/h1-5,10,17-18,32,39H,6-9,11,26H2,(H,27,33)(H,28,38)(H,36,37). The van der Waals surface area contributed by atoms with Gasteiger partial charge in [-0.1, -0.05) is 18.2 Å². The molecule has 1 saturated heterocycles. The molecule has 42 heavy (non-hydrogen) atoms. The van der Waals surface area contributed by atoms with Crippen LogP contribution in [0.3, 0.4) is 0 Å². The van der Waals surface area contributed by atoms with Crippen molar-refractivity contribution in [3.8, 4) is 11.5 Å². The van der Waals surface area contributed by atoms with Crippen molar-refractivity contribution in [2.45, 2.75) is 18.4 Å². The lowest BCUT2D eigenvalue weighted by atomic mass is 9.72. The predicted octanol–water partition coefficient (Wildman–Crippen LogP) is -1.48. The normalized spacial score (nSPS) is 17.2. The van der Waals surface area contributed by atoms with Gasteiger partial charge in [0.05, 0.1) is 16.4 Å². The summed E-state index contributed by atoms with van der Waals surface area (Å²) >= 11 is 0. The first-order valence-electron chi connectivity index (χ1n) is 12.5.